The Balaban J connectivity index is 2.05. The second-order valence-corrected chi connectivity index (χ2v) is 4.42. The summed E-state index contributed by atoms with van der Waals surface area (Å²) in [5.41, 5.74) is 5.42. The second-order valence-electron chi connectivity index (χ2n) is 4.42. The predicted octanol–water partition coefficient (Wildman–Crippen LogP) is 0.872. The molecular weight excluding hydrogens is 166 g/mol. The molecule has 1 heterocycles. The molecule has 72 valence electrons. The van der Waals surface area contributed by atoms with Crippen molar-refractivity contribution < 1.29 is 4.79 Å². The molecule has 4 nitrogen and oxygen atoms in total. The van der Waals surface area contributed by atoms with Crippen LogP contribution < -0.4 is 11.1 Å². The van der Waals surface area contributed by atoms with Crippen LogP contribution in [0.1, 0.15) is 26.7 Å². The van der Waals surface area contributed by atoms with E-state index in [1.165, 1.54) is 0 Å². The molecule has 0 atom stereocenters. The number of rotatable bonds is 1. The van der Waals surface area contributed by atoms with Gasteiger partial charge in [-0.2, -0.15) is 4.99 Å². The molecule has 0 aromatic carbocycles. The van der Waals surface area contributed by atoms with Gasteiger partial charge < -0.3 is 11.1 Å². The molecule has 0 radical (unpaired) electrons. The highest BCUT2D eigenvalue weighted by Crippen LogP contribution is 2.43. The normalized spacial score (nSPS) is 37.6. The summed E-state index contributed by atoms with van der Waals surface area (Å²) in [7, 11) is 0. The molecule has 1 spiro atoms. The van der Waals surface area contributed by atoms with Gasteiger partial charge in [-0.1, -0.05) is 13.8 Å². The van der Waals surface area contributed by atoms with Crippen molar-refractivity contribution in [1.29, 1.82) is 0 Å². The van der Waals surface area contributed by atoms with Crippen molar-refractivity contribution in [2.45, 2.75) is 32.2 Å². The maximum atomic E-state index is 11.0. The minimum Gasteiger partial charge on any atom is -0.385 e. The first kappa shape index (κ1) is 8.53. The summed E-state index contributed by atoms with van der Waals surface area (Å²) in [6, 6.07) is -0.278. The SMILES string of the molecule is CC(C)C1CC2(C1)NC(=O)N=C2N. The maximum Gasteiger partial charge on any atom is 0.343 e. The van der Waals surface area contributed by atoms with E-state index in [-0.39, 0.29) is 11.6 Å². The van der Waals surface area contributed by atoms with E-state index >= 15 is 0 Å². The van der Waals surface area contributed by atoms with Crippen LogP contribution in [0.25, 0.3) is 0 Å². The lowest BCUT2D eigenvalue weighted by atomic mass is 9.64. The third-order valence-electron chi connectivity index (χ3n) is 3.22. The van der Waals surface area contributed by atoms with Gasteiger partial charge in [0.1, 0.15) is 5.84 Å². The highest BCUT2D eigenvalue weighted by molar-refractivity contribution is 6.06. The summed E-state index contributed by atoms with van der Waals surface area (Å²) >= 11 is 0. The monoisotopic (exact) mass is 181 g/mol. The van der Waals surface area contributed by atoms with E-state index in [0.717, 1.165) is 12.8 Å². The number of urea groups is 1. The molecule has 2 rings (SSSR count). The first-order valence-electron chi connectivity index (χ1n) is 4.70. The third-order valence-corrected chi connectivity index (χ3v) is 3.22. The zero-order valence-electron chi connectivity index (χ0n) is 8.00. The number of nitrogens with one attached hydrogen (secondary N) is 1. The van der Waals surface area contributed by atoms with E-state index < -0.39 is 0 Å². The fraction of sp³-hybridized carbons (Fsp3) is 0.778. The molecule has 1 fully saturated rings. The van der Waals surface area contributed by atoms with Gasteiger partial charge in [-0.3, -0.25) is 0 Å². The van der Waals surface area contributed by atoms with Crippen LogP contribution in [0.4, 0.5) is 4.79 Å². The van der Waals surface area contributed by atoms with Crippen LogP contribution in [0.2, 0.25) is 0 Å². The molecule has 1 aliphatic carbocycles. The molecule has 3 N–H and O–H groups in total. The Morgan fingerprint density at radius 1 is 1.62 bits per heavy atom. The first-order valence-corrected chi connectivity index (χ1v) is 4.70. The highest BCUT2D eigenvalue weighted by atomic mass is 16.2. The van der Waals surface area contributed by atoms with E-state index in [1.807, 2.05) is 0 Å². The Kier molecular flexibility index (Phi) is 1.62. The molecule has 1 saturated carbocycles. The molecule has 0 saturated heterocycles. The van der Waals surface area contributed by atoms with Crippen molar-refractivity contribution in [1.82, 2.24) is 5.32 Å². The molecule has 4 heteroatoms. The van der Waals surface area contributed by atoms with Crippen LogP contribution >= 0.6 is 0 Å². The van der Waals surface area contributed by atoms with Crippen LogP contribution in [0.15, 0.2) is 4.99 Å². The van der Waals surface area contributed by atoms with Crippen LogP contribution in [0.3, 0.4) is 0 Å². The van der Waals surface area contributed by atoms with E-state index in [9.17, 15) is 4.79 Å². The lowest BCUT2D eigenvalue weighted by Gasteiger charge is -2.46. The Morgan fingerprint density at radius 3 is 2.62 bits per heavy atom. The molecule has 0 aromatic heterocycles. The summed E-state index contributed by atoms with van der Waals surface area (Å²) in [6.07, 6.45) is 1.90. The fourth-order valence-electron chi connectivity index (χ4n) is 2.13. The number of carbonyl (C=O) groups excluding carboxylic acids is 1. The van der Waals surface area contributed by atoms with Crippen LogP contribution in [0, 0.1) is 11.8 Å². The Morgan fingerprint density at radius 2 is 2.23 bits per heavy atom. The number of aliphatic imine (C=N–C) groups is 1. The number of hydrogen-bond acceptors (Lipinski definition) is 2. The molecule has 0 bridgehead atoms. The topological polar surface area (TPSA) is 67.5 Å². The van der Waals surface area contributed by atoms with Gasteiger partial charge in [0, 0.05) is 0 Å². The Bertz CT molecular complexity index is 277. The van der Waals surface area contributed by atoms with Crippen LogP contribution in [-0.2, 0) is 0 Å². The van der Waals surface area contributed by atoms with Crippen LogP contribution in [-0.4, -0.2) is 17.4 Å². The van der Waals surface area contributed by atoms with Gasteiger partial charge >= 0.3 is 6.03 Å². The van der Waals surface area contributed by atoms with Crippen molar-refractivity contribution in [3.05, 3.63) is 0 Å². The van der Waals surface area contributed by atoms with Gasteiger partial charge in [0.2, 0.25) is 0 Å². The summed E-state index contributed by atoms with van der Waals surface area (Å²) in [4.78, 5) is 14.7. The number of nitrogens with two attached hydrogens (primary N) is 1. The van der Waals surface area contributed by atoms with Crippen LogP contribution in [0.5, 0.6) is 0 Å². The van der Waals surface area contributed by atoms with Gasteiger partial charge in [0.15, 0.2) is 0 Å². The maximum absolute atomic E-state index is 11.0. The van der Waals surface area contributed by atoms with E-state index in [4.69, 9.17) is 5.73 Å². The predicted molar refractivity (Wildman–Crippen MR) is 50.4 cm³/mol. The van der Waals surface area contributed by atoms with Gasteiger partial charge in [-0.25, -0.2) is 4.79 Å². The van der Waals surface area contributed by atoms with Crippen molar-refractivity contribution >= 4 is 11.9 Å². The quantitative estimate of drug-likeness (QED) is 0.630. The fourth-order valence-corrected chi connectivity index (χ4v) is 2.13. The van der Waals surface area contributed by atoms with Crippen molar-refractivity contribution in [3.8, 4) is 0 Å². The van der Waals surface area contributed by atoms with Gasteiger partial charge in [0.25, 0.3) is 0 Å². The summed E-state index contributed by atoms with van der Waals surface area (Å²) in [5.74, 6) is 1.82. The molecule has 2 aliphatic rings. The van der Waals surface area contributed by atoms with E-state index in [0.29, 0.717) is 17.7 Å². The zero-order valence-corrected chi connectivity index (χ0v) is 8.00. The standard InChI is InChI=1S/C9H15N3O/c1-5(2)6-3-9(4-6)7(10)11-8(13)12-9/h5-6H,3-4H2,1-2H3,(H3,10,11,12,13). The largest absolute Gasteiger partial charge is 0.385 e. The summed E-state index contributed by atoms with van der Waals surface area (Å²) in [6.45, 7) is 4.39. The number of amides is 2. The number of carbonyl (C=O) groups is 1. The molecule has 0 unspecified atom stereocenters. The Hall–Kier alpha value is -1.06. The van der Waals surface area contributed by atoms with Gasteiger partial charge in [-0.05, 0) is 24.7 Å². The number of amidine groups is 1. The average Bonchev–Trinajstić information content (AvgIpc) is 2.21. The van der Waals surface area contributed by atoms with Gasteiger partial charge in [0.05, 0.1) is 5.54 Å². The second kappa shape index (κ2) is 2.47. The van der Waals surface area contributed by atoms with Gasteiger partial charge in [-0.15, -0.1) is 0 Å². The zero-order chi connectivity index (χ0) is 9.64. The third kappa shape index (κ3) is 1.12. The van der Waals surface area contributed by atoms with Crippen molar-refractivity contribution in [2.24, 2.45) is 22.6 Å². The summed E-state index contributed by atoms with van der Waals surface area (Å²) < 4.78 is 0. The van der Waals surface area contributed by atoms with E-state index in [2.05, 4.69) is 24.2 Å². The smallest absolute Gasteiger partial charge is 0.343 e. The Labute approximate surface area is 77.6 Å². The van der Waals surface area contributed by atoms with Crippen molar-refractivity contribution in [2.75, 3.05) is 0 Å². The first-order chi connectivity index (χ1) is 6.03. The molecular formula is C9H15N3O. The minimum atomic E-state index is -0.278. The average molecular weight is 181 g/mol. The van der Waals surface area contributed by atoms with Crippen molar-refractivity contribution in [3.63, 3.8) is 0 Å². The number of hydrogen-bond donors (Lipinski definition) is 2. The minimum absolute atomic E-state index is 0.272. The number of nitrogens with zero attached hydrogens (tertiary/aromatic N) is 1. The van der Waals surface area contributed by atoms with E-state index in [1.54, 1.807) is 0 Å². The molecule has 0 aromatic rings. The molecule has 13 heavy (non-hydrogen) atoms. The molecule has 1 aliphatic heterocycles. The summed E-state index contributed by atoms with van der Waals surface area (Å²) in [5, 5.41) is 2.83. The lowest BCUT2D eigenvalue weighted by molar-refractivity contribution is 0.137. The molecule has 2 amide bonds. The lowest BCUT2D eigenvalue weighted by Crippen LogP contribution is -2.61. The highest BCUT2D eigenvalue weighted by Gasteiger charge is 2.52.